The van der Waals surface area contributed by atoms with Gasteiger partial charge in [0.25, 0.3) is 0 Å². The molecule has 27 heavy (non-hydrogen) atoms. The molecule has 0 aromatic carbocycles. The Morgan fingerprint density at radius 3 is 2.81 bits per heavy atom. The third-order valence-electron chi connectivity index (χ3n) is 4.19. The monoisotopic (exact) mass is 400 g/mol. The molecule has 7 heteroatoms. The molecule has 5 nitrogen and oxygen atoms in total. The van der Waals surface area contributed by atoms with Crippen LogP contribution >= 0.6 is 22.7 Å². The Bertz CT molecular complexity index is 938. The van der Waals surface area contributed by atoms with Gasteiger partial charge in [-0.05, 0) is 43.9 Å². The number of rotatable bonds is 8. The van der Waals surface area contributed by atoms with Gasteiger partial charge in [-0.15, -0.1) is 22.7 Å². The summed E-state index contributed by atoms with van der Waals surface area (Å²) >= 11 is 3.16. The molecule has 0 unspecified atom stereocenters. The van der Waals surface area contributed by atoms with Crippen LogP contribution in [0, 0.1) is 13.8 Å². The van der Waals surface area contributed by atoms with Gasteiger partial charge in [-0.25, -0.2) is 9.78 Å². The highest BCUT2D eigenvalue weighted by Crippen LogP contribution is 2.18. The molecule has 0 radical (unpaired) electrons. The molecule has 0 amide bonds. The number of carbonyl (C=O) groups is 2. The van der Waals surface area contributed by atoms with Crippen LogP contribution in [0.4, 0.5) is 0 Å². The molecule has 3 heterocycles. The fourth-order valence-electron chi connectivity index (χ4n) is 2.82. The molecule has 0 bridgehead atoms. The molecule has 0 fully saturated rings. The van der Waals surface area contributed by atoms with Crippen molar-refractivity contribution < 1.29 is 14.3 Å². The van der Waals surface area contributed by atoms with E-state index in [1.54, 1.807) is 23.6 Å². The van der Waals surface area contributed by atoms with Crippen molar-refractivity contribution in [3.63, 3.8) is 0 Å². The Balaban J connectivity index is 1.58. The molecule has 140 valence electrons. The lowest BCUT2D eigenvalue weighted by Crippen LogP contribution is -2.14. The third-order valence-corrected chi connectivity index (χ3v) is 5.87. The van der Waals surface area contributed by atoms with Crippen molar-refractivity contribution in [3.05, 3.63) is 68.1 Å². The molecule has 0 saturated heterocycles. The molecule has 0 saturated carbocycles. The summed E-state index contributed by atoms with van der Waals surface area (Å²) in [6.45, 7) is 4.47. The van der Waals surface area contributed by atoms with Crippen LogP contribution in [0.5, 0.6) is 0 Å². The highest BCUT2D eigenvalue weighted by Gasteiger charge is 2.17. The van der Waals surface area contributed by atoms with Crippen molar-refractivity contribution in [2.75, 3.05) is 6.61 Å². The molecular weight excluding hydrogens is 380 g/mol. The summed E-state index contributed by atoms with van der Waals surface area (Å²) in [5.41, 5.74) is 2.54. The number of nitrogens with zero attached hydrogens (tertiary/aromatic N) is 2. The van der Waals surface area contributed by atoms with Gasteiger partial charge in [-0.2, -0.15) is 0 Å². The zero-order chi connectivity index (χ0) is 19.2. The highest BCUT2D eigenvalue weighted by molar-refractivity contribution is 7.10. The van der Waals surface area contributed by atoms with Crippen molar-refractivity contribution in [1.82, 2.24) is 9.55 Å². The van der Waals surface area contributed by atoms with Crippen LogP contribution < -0.4 is 0 Å². The molecule has 3 aromatic rings. The fraction of sp³-hybridized carbons (Fsp3) is 0.250. The van der Waals surface area contributed by atoms with Crippen LogP contribution in [0.1, 0.15) is 31.6 Å². The maximum absolute atomic E-state index is 12.5. The minimum absolute atomic E-state index is 0.193. The quantitative estimate of drug-likeness (QED) is 0.321. The van der Waals surface area contributed by atoms with Crippen LogP contribution in [-0.2, 0) is 22.5 Å². The van der Waals surface area contributed by atoms with E-state index in [0.29, 0.717) is 10.6 Å². The van der Waals surface area contributed by atoms with Gasteiger partial charge >= 0.3 is 5.97 Å². The van der Waals surface area contributed by atoms with Crippen LogP contribution in [-0.4, -0.2) is 27.9 Å². The van der Waals surface area contributed by atoms with Gasteiger partial charge < -0.3 is 9.30 Å². The first-order valence-corrected chi connectivity index (χ1v) is 10.3. The molecule has 0 spiro atoms. The number of aromatic nitrogens is 2. The molecule has 3 rings (SSSR count). The van der Waals surface area contributed by atoms with Crippen molar-refractivity contribution in [2.45, 2.75) is 26.8 Å². The van der Waals surface area contributed by atoms with Crippen molar-refractivity contribution >= 4 is 40.5 Å². The second kappa shape index (κ2) is 8.92. The third kappa shape index (κ3) is 5.02. The van der Waals surface area contributed by atoms with Gasteiger partial charge in [0.2, 0.25) is 5.78 Å². The standard InChI is InChI=1S/C20H20N2O3S2/c1-14-12-17(15(2)22(14)9-7-16-4-3-10-26-16)18(23)13-25-20(24)6-5-19-21-8-11-27-19/h3-6,8,10-12H,7,9,13H2,1-2H3. The van der Waals surface area contributed by atoms with Crippen molar-refractivity contribution in [2.24, 2.45) is 0 Å². The molecule has 0 aliphatic carbocycles. The first-order chi connectivity index (χ1) is 13.0. The van der Waals surface area contributed by atoms with Gasteiger partial charge in [0.1, 0.15) is 5.01 Å². The van der Waals surface area contributed by atoms with Gasteiger partial charge in [0.15, 0.2) is 6.61 Å². The molecule has 0 aliphatic rings. The molecule has 0 aliphatic heterocycles. The topological polar surface area (TPSA) is 61.2 Å². The zero-order valence-electron chi connectivity index (χ0n) is 15.2. The van der Waals surface area contributed by atoms with Crippen molar-refractivity contribution in [3.8, 4) is 0 Å². The lowest BCUT2D eigenvalue weighted by molar-refractivity contribution is -0.136. The normalized spacial score (nSPS) is 11.2. The van der Waals surface area contributed by atoms with E-state index >= 15 is 0 Å². The number of aryl methyl sites for hydroxylation is 2. The molecule has 3 aromatic heterocycles. The van der Waals surface area contributed by atoms with Gasteiger partial charge in [0.05, 0.1) is 0 Å². The molecule has 0 atom stereocenters. The highest BCUT2D eigenvalue weighted by atomic mass is 32.1. The number of Topliss-reactive ketones (excluding diaryl/α,β-unsaturated/α-hetero) is 1. The van der Waals surface area contributed by atoms with E-state index in [9.17, 15) is 9.59 Å². The van der Waals surface area contributed by atoms with Crippen LogP contribution in [0.2, 0.25) is 0 Å². The SMILES string of the molecule is Cc1cc(C(=O)COC(=O)C=Cc2nccs2)c(C)n1CCc1cccs1. The second-order valence-electron chi connectivity index (χ2n) is 6.00. The average Bonchev–Trinajstić information content (AvgIpc) is 3.39. The van der Waals surface area contributed by atoms with Crippen LogP contribution in [0.15, 0.2) is 41.2 Å². The second-order valence-corrected chi connectivity index (χ2v) is 7.96. The first-order valence-electron chi connectivity index (χ1n) is 8.51. The Labute approximate surface area is 165 Å². The molecule has 0 N–H and O–H groups in total. The predicted octanol–water partition coefficient (Wildman–Crippen LogP) is 4.30. The summed E-state index contributed by atoms with van der Waals surface area (Å²) in [6.07, 6.45) is 5.45. The Kier molecular flexibility index (Phi) is 6.36. The average molecular weight is 401 g/mol. The van der Waals surface area contributed by atoms with Gasteiger partial charge in [-0.3, -0.25) is 4.79 Å². The number of hydrogen-bond donors (Lipinski definition) is 0. The number of carbonyl (C=O) groups excluding carboxylic acids is 2. The van der Waals surface area contributed by atoms with Gasteiger partial charge in [0, 0.05) is 46.0 Å². The summed E-state index contributed by atoms with van der Waals surface area (Å²) in [5, 5.41) is 4.60. The lowest BCUT2D eigenvalue weighted by atomic mass is 10.1. The summed E-state index contributed by atoms with van der Waals surface area (Å²) in [7, 11) is 0. The van der Waals surface area contributed by atoms with E-state index in [0.717, 1.165) is 24.4 Å². The van der Waals surface area contributed by atoms with Crippen LogP contribution in [0.3, 0.4) is 0 Å². The number of thiophene rings is 1. The molecular formula is C20H20N2O3S2. The van der Waals surface area contributed by atoms with E-state index in [1.165, 1.54) is 22.3 Å². The van der Waals surface area contributed by atoms with E-state index in [-0.39, 0.29) is 12.4 Å². The Hall–Kier alpha value is -2.51. The predicted molar refractivity (Wildman–Crippen MR) is 108 cm³/mol. The maximum Gasteiger partial charge on any atom is 0.331 e. The minimum Gasteiger partial charge on any atom is -0.454 e. The summed E-state index contributed by atoms with van der Waals surface area (Å²) in [6, 6.07) is 6.02. The Morgan fingerprint density at radius 2 is 2.11 bits per heavy atom. The summed E-state index contributed by atoms with van der Waals surface area (Å²) in [5.74, 6) is -0.744. The zero-order valence-corrected chi connectivity index (χ0v) is 16.8. The maximum atomic E-state index is 12.5. The number of thiazole rings is 1. The number of ether oxygens (including phenoxy) is 1. The number of hydrogen-bond acceptors (Lipinski definition) is 6. The Morgan fingerprint density at radius 1 is 1.26 bits per heavy atom. The van der Waals surface area contributed by atoms with E-state index in [1.807, 2.05) is 31.4 Å². The first kappa shape index (κ1) is 19.3. The lowest BCUT2D eigenvalue weighted by Gasteiger charge is -2.09. The summed E-state index contributed by atoms with van der Waals surface area (Å²) < 4.78 is 7.21. The van der Waals surface area contributed by atoms with E-state index < -0.39 is 5.97 Å². The smallest absolute Gasteiger partial charge is 0.331 e. The van der Waals surface area contributed by atoms with Crippen molar-refractivity contribution in [1.29, 1.82) is 0 Å². The number of ketones is 1. The van der Waals surface area contributed by atoms with Crippen LogP contribution in [0.25, 0.3) is 6.08 Å². The minimum atomic E-state index is -0.551. The largest absolute Gasteiger partial charge is 0.454 e. The fourth-order valence-corrected chi connectivity index (χ4v) is 4.05. The van der Waals surface area contributed by atoms with E-state index in [2.05, 4.69) is 21.0 Å². The summed E-state index contributed by atoms with van der Waals surface area (Å²) in [4.78, 5) is 29.6. The van der Waals surface area contributed by atoms with E-state index in [4.69, 9.17) is 4.74 Å². The number of esters is 1. The van der Waals surface area contributed by atoms with Gasteiger partial charge in [-0.1, -0.05) is 6.07 Å².